The van der Waals surface area contributed by atoms with Gasteiger partial charge in [0.2, 0.25) is 5.91 Å². The standard InChI is InChI=1S/C17H21N3O2/c1-14(16-10-11-18-13-19-16)20(2)17(21)9-6-12-22-15-7-4-3-5-8-15/h3-5,7-8,10-11,13-14H,6,9,12H2,1-2H3. The van der Waals surface area contributed by atoms with Crippen molar-refractivity contribution in [1.82, 2.24) is 14.9 Å². The number of hydrogen-bond acceptors (Lipinski definition) is 4. The molecule has 1 aromatic carbocycles. The summed E-state index contributed by atoms with van der Waals surface area (Å²) in [4.78, 5) is 22.0. The van der Waals surface area contributed by atoms with Crippen LogP contribution in [0.1, 0.15) is 31.5 Å². The first-order chi connectivity index (χ1) is 10.7. The Bertz CT molecular complexity index is 575. The number of nitrogens with zero attached hydrogens (tertiary/aromatic N) is 3. The van der Waals surface area contributed by atoms with Crippen LogP contribution in [0.25, 0.3) is 0 Å². The summed E-state index contributed by atoms with van der Waals surface area (Å²) < 4.78 is 5.59. The zero-order chi connectivity index (χ0) is 15.8. The van der Waals surface area contributed by atoms with E-state index >= 15 is 0 Å². The van der Waals surface area contributed by atoms with E-state index in [4.69, 9.17) is 4.74 Å². The minimum absolute atomic E-state index is 0.0643. The van der Waals surface area contributed by atoms with E-state index in [1.54, 1.807) is 18.1 Å². The molecule has 1 heterocycles. The Balaban J connectivity index is 1.75. The van der Waals surface area contributed by atoms with Gasteiger partial charge in [0.25, 0.3) is 0 Å². The molecule has 22 heavy (non-hydrogen) atoms. The SMILES string of the molecule is CC(c1ccncn1)N(C)C(=O)CCCOc1ccccc1. The van der Waals surface area contributed by atoms with Gasteiger partial charge in [0.15, 0.2) is 0 Å². The molecule has 116 valence electrons. The van der Waals surface area contributed by atoms with Crippen LogP contribution in [0.5, 0.6) is 5.75 Å². The van der Waals surface area contributed by atoms with Crippen LogP contribution in [0.2, 0.25) is 0 Å². The smallest absolute Gasteiger partial charge is 0.222 e. The molecule has 0 radical (unpaired) electrons. The van der Waals surface area contributed by atoms with E-state index in [-0.39, 0.29) is 11.9 Å². The Morgan fingerprint density at radius 2 is 2.05 bits per heavy atom. The van der Waals surface area contributed by atoms with Crippen LogP contribution in [-0.4, -0.2) is 34.4 Å². The van der Waals surface area contributed by atoms with Crippen molar-refractivity contribution in [2.45, 2.75) is 25.8 Å². The zero-order valence-electron chi connectivity index (χ0n) is 13.0. The molecule has 2 rings (SSSR count). The van der Waals surface area contributed by atoms with Gasteiger partial charge in [-0.05, 0) is 31.5 Å². The van der Waals surface area contributed by atoms with Crippen molar-refractivity contribution in [3.05, 3.63) is 54.6 Å². The van der Waals surface area contributed by atoms with E-state index in [0.29, 0.717) is 19.4 Å². The lowest BCUT2D eigenvalue weighted by atomic mass is 10.2. The third-order valence-electron chi connectivity index (χ3n) is 3.55. The third kappa shape index (κ3) is 4.55. The van der Waals surface area contributed by atoms with Crippen molar-refractivity contribution < 1.29 is 9.53 Å². The number of hydrogen-bond donors (Lipinski definition) is 0. The second-order valence-electron chi connectivity index (χ2n) is 5.08. The monoisotopic (exact) mass is 299 g/mol. The highest BCUT2D eigenvalue weighted by Gasteiger charge is 2.17. The van der Waals surface area contributed by atoms with Gasteiger partial charge in [-0.25, -0.2) is 9.97 Å². The molecule has 2 aromatic rings. The van der Waals surface area contributed by atoms with Crippen LogP contribution in [0, 0.1) is 0 Å². The van der Waals surface area contributed by atoms with Crippen molar-refractivity contribution in [3.63, 3.8) is 0 Å². The van der Waals surface area contributed by atoms with Gasteiger partial charge in [-0.2, -0.15) is 0 Å². The van der Waals surface area contributed by atoms with Gasteiger partial charge in [0, 0.05) is 19.7 Å². The average Bonchev–Trinajstić information content (AvgIpc) is 2.59. The van der Waals surface area contributed by atoms with Gasteiger partial charge in [0.1, 0.15) is 12.1 Å². The normalized spacial score (nSPS) is 11.7. The molecule has 0 aliphatic heterocycles. The Hall–Kier alpha value is -2.43. The van der Waals surface area contributed by atoms with Crippen LogP contribution in [0.4, 0.5) is 0 Å². The van der Waals surface area contributed by atoms with Crippen LogP contribution in [0.3, 0.4) is 0 Å². The lowest BCUT2D eigenvalue weighted by molar-refractivity contribution is -0.132. The number of para-hydroxylation sites is 1. The summed E-state index contributed by atoms with van der Waals surface area (Å²) in [6.45, 7) is 2.49. The molecule has 1 atom stereocenters. The first-order valence-corrected chi connectivity index (χ1v) is 7.38. The fourth-order valence-corrected chi connectivity index (χ4v) is 2.07. The summed E-state index contributed by atoms with van der Waals surface area (Å²) in [5, 5.41) is 0. The second-order valence-corrected chi connectivity index (χ2v) is 5.08. The van der Waals surface area contributed by atoms with Gasteiger partial charge in [-0.3, -0.25) is 4.79 Å². The number of ether oxygens (including phenoxy) is 1. The topological polar surface area (TPSA) is 55.3 Å². The van der Waals surface area contributed by atoms with Crippen molar-refractivity contribution in [1.29, 1.82) is 0 Å². The molecule has 1 aromatic heterocycles. The zero-order valence-corrected chi connectivity index (χ0v) is 13.0. The maximum atomic E-state index is 12.2. The van der Waals surface area contributed by atoms with Crippen LogP contribution >= 0.6 is 0 Å². The van der Waals surface area contributed by atoms with Crippen LogP contribution < -0.4 is 4.74 Å². The molecule has 0 spiro atoms. The van der Waals surface area contributed by atoms with E-state index < -0.39 is 0 Å². The van der Waals surface area contributed by atoms with Crippen molar-refractivity contribution >= 4 is 5.91 Å². The molecule has 5 heteroatoms. The number of carbonyl (C=O) groups is 1. The lowest BCUT2D eigenvalue weighted by Crippen LogP contribution is -2.30. The van der Waals surface area contributed by atoms with E-state index in [9.17, 15) is 4.79 Å². The summed E-state index contributed by atoms with van der Waals surface area (Å²) in [5.74, 6) is 0.917. The fourth-order valence-electron chi connectivity index (χ4n) is 2.07. The third-order valence-corrected chi connectivity index (χ3v) is 3.55. The largest absolute Gasteiger partial charge is 0.494 e. The highest BCUT2D eigenvalue weighted by atomic mass is 16.5. The maximum absolute atomic E-state index is 12.2. The molecule has 1 unspecified atom stereocenters. The summed E-state index contributed by atoms with van der Waals surface area (Å²) >= 11 is 0. The van der Waals surface area contributed by atoms with E-state index in [1.165, 1.54) is 6.33 Å². The Morgan fingerprint density at radius 1 is 1.27 bits per heavy atom. The number of aromatic nitrogens is 2. The maximum Gasteiger partial charge on any atom is 0.222 e. The van der Waals surface area contributed by atoms with Crippen molar-refractivity contribution in [3.8, 4) is 5.75 Å². The summed E-state index contributed by atoms with van der Waals surface area (Å²) in [7, 11) is 1.80. The van der Waals surface area contributed by atoms with E-state index in [0.717, 1.165) is 11.4 Å². The average molecular weight is 299 g/mol. The summed E-state index contributed by atoms with van der Waals surface area (Å²) in [5.41, 5.74) is 0.839. The van der Waals surface area contributed by atoms with Crippen LogP contribution in [-0.2, 0) is 4.79 Å². The predicted molar refractivity (Wildman–Crippen MR) is 84.4 cm³/mol. The molecule has 5 nitrogen and oxygen atoms in total. The molecule has 0 bridgehead atoms. The summed E-state index contributed by atoms with van der Waals surface area (Å²) in [6, 6.07) is 11.4. The minimum Gasteiger partial charge on any atom is -0.494 e. The predicted octanol–water partition coefficient (Wildman–Crippen LogP) is 2.86. The van der Waals surface area contributed by atoms with Gasteiger partial charge >= 0.3 is 0 Å². The molecule has 0 aliphatic carbocycles. The lowest BCUT2D eigenvalue weighted by Gasteiger charge is -2.24. The van der Waals surface area contributed by atoms with Gasteiger partial charge in [-0.1, -0.05) is 18.2 Å². The molecule has 0 saturated heterocycles. The molecule has 0 fully saturated rings. The number of benzene rings is 1. The minimum atomic E-state index is -0.0643. The van der Waals surface area contributed by atoms with Crippen molar-refractivity contribution in [2.24, 2.45) is 0 Å². The molecule has 0 N–H and O–H groups in total. The highest BCUT2D eigenvalue weighted by molar-refractivity contribution is 5.76. The summed E-state index contributed by atoms with van der Waals surface area (Å²) in [6.07, 6.45) is 4.33. The Kier molecular flexibility index (Phi) is 5.89. The molecular weight excluding hydrogens is 278 g/mol. The number of rotatable bonds is 7. The number of carbonyl (C=O) groups excluding carboxylic acids is 1. The Morgan fingerprint density at radius 3 is 2.73 bits per heavy atom. The molecule has 0 aliphatic rings. The molecular formula is C17H21N3O2. The molecule has 1 amide bonds. The van der Waals surface area contributed by atoms with E-state index in [2.05, 4.69) is 9.97 Å². The second kappa shape index (κ2) is 8.12. The van der Waals surface area contributed by atoms with Gasteiger partial charge < -0.3 is 9.64 Å². The fraction of sp³-hybridized carbons (Fsp3) is 0.353. The quantitative estimate of drug-likeness (QED) is 0.738. The van der Waals surface area contributed by atoms with Crippen molar-refractivity contribution in [2.75, 3.05) is 13.7 Å². The molecule has 0 saturated carbocycles. The Labute approximate surface area is 131 Å². The van der Waals surface area contributed by atoms with E-state index in [1.807, 2.05) is 43.3 Å². The first-order valence-electron chi connectivity index (χ1n) is 7.38. The number of amides is 1. The van der Waals surface area contributed by atoms with Gasteiger partial charge in [0.05, 0.1) is 18.3 Å². The highest BCUT2D eigenvalue weighted by Crippen LogP contribution is 2.17. The van der Waals surface area contributed by atoms with Crippen LogP contribution in [0.15, 0.2) is 48.9 Å². The van der Waals surface area contributed by atoms with Gasteiger partial charge in [-0.15, -0.1) is 0 Å². The first kappa shape index (κ1) is 15.9.